The molecule has 64 valence electrons. The van der Waals surface area contributed by atoms with Gasteiger partial charge in [0.2, 0.25) is 0 Å². The normalized spacial score (nSPS) is 31.7. The lowest BCUT2D eigenvalue weighted by Gasteiger charge is -2.26. The molecule has 0 spiro atoms. The minimum absolute atomic E-state index is 0.172. The highest BCUT2D eigenvalue weighted by Gasteiger charge is 2.29. The van der Waals surface area contributed by atoms with Gasteiger partial charge in [-0.3, -0.25) is 4.79 Å². The first-order valence-corrected chi connectivity index (χ1v) is 4.18. The molecule has 3 heteroatoms. The van der Waals surface area contributed by atoms with Gasteiger partial charge in [-0.25, -0.2) is 0 Å². The summed E-state index contributed by atoms with van der Waals surface area (Å²) in [5.41, 5.74) is 5.47. The second kappa shape index (κ2) is 3.72. The van der Waals surface area contributed by atoms with E-state index in [1.807, 2.05) is 0 Å². The van der Waals surface area contributed by atoms with Gasteiger partial charge in [0.05, 0.1) is 5.92 Å². The Labute approximate surface area is 66.6 Å². The van der Waals surface area contributed by atoms with Crippen LogP contribution < -0.4 is 5.73 Å². The number of carboxylic acids is 1. The number of carboxylic acid groups (broad SMARTS) is 1. The van der Waals surface area contributed by atoms with Gasteiger partial charge in [0.1, 0.15) is 0 Å². The molecule has 0 aromatic rings. The molecule has 1 rings (SSSR count). The van der Waals surface area contributed by atoms with Gasteiger partial charge in [0.25, 0.3) is 0 Å². The minimum atomic E-state index is -0.667. The van der Waals surface area contributed by atoms with E-state index in [0.717, 1.165) is 25.7 Å². The Bertz CT molecular complexity index is 147. The van der Waals surface area contributed by atoms with Gasteiger partial charge < -0.3 is 10.8 Å². The molecular formula is C8H15NO2. The maximum atomic E-state index is 10.7. The quantitative estimate of drug-likeness (QED) is 0.624. The van der Waals surface area contributed by atoms with E-state index >= 15 is 0 Å². The summed E-state index contributed by atoms with van der Waals surface area (Å²) >= 11 is 0. The summed E-state index contributed by atoms with van der Waals surface area (Å²) in [7, 11) is 0. The smallest absolute Gasteiger partial charge is 0.306 e. The van der Waals surface area contributed by atoms with E-state index in [4.69, 9.17) is 10.8 Å². The highest BCUT2D eigenvalue weighted by molar-refractivity contribution is 5.70. The number of rotatable bonds is 2. The van der Waals surface area contributed by atoms with Crippen LogP contribution >= 0.6 is 0 Å². The van der Waals surface area contributed by atoms with E-state index in [-0.39, 0.29) is 11.8 Å². The number of nitrogens with two attached hydrogens (primary N) is 1. The zero-order chi connectivity index (χ0) is 8.27. The molecule has 0 saturated heterocycles. The fourth-order valence-corrected chi connectivity index (χ4v) is 1.81. The Hall–Kier alpha value is -0.570. The van der Waals surface area contributed by atoms with E-state index in [0.29, 0.717) is 6.54 Å². The van der Waals surface area contributed by atoms with Crippen molar-refractivity contribution in [2.75, 3.05) is 6.54 Å². The van der Waals surface area contributed by atoms with Gasteiger partial charge in [0.15, 0.2) is 0 Å². The number of aliphatic carboxylic acids is 1. The maximum absolute atomic E-state index is 10.7. The molecular weight excluding hydrogens is 142 g/mol. The lowest BCUT2D eigenvalue weighted by molar-refractivity contribution is -0.144. The topological polar surface area (TPSA) is 63.3 Å². The second-order valence-electron chi connectivity index (χ2n) is 3.22. The van der Waals surface area contributed by atoms with Gasteiger partial charge in [-0.15, -0.1) is 0 Å². The summed E-state index contributed by atoms with van der Waals surface area (Å²) in [6.45, 7) is 0.525. The van der Waals surface area contributed by atoms with E-state index in [1.54, 1.807) is 0 Å². The first-order chi connectivity index (χ1) is 5.25. The molecule has 3 nitrogen and oxygen atoms in total. The number of hydrogen-bond acceptors (Lipinski definition) is 2. The van der Waals surface area contributed by atoms with Crippen LogP contribution in [0.5, 0.6) is 0 Å². The molecule has 0 aromatic heterocycles. The van der Waals surface area contributed by atoms with Crippen LogP contribution in [0.1, 0.15) is 25.7 Å². The van der Waals surface area contributed by atoms with Crippen LogP contribution in [0.25, 0.3) is 0 Å². The standard InChI is InChI=1S/C8H15NO2/c9-5-6-3-1-2-4-7(6)8(10)11/h6-7H,1-5,9H2,(H,10,11). The van der Waals surface area contributed by atoms with Crippen molar-refractivity contribution in [2.45, 2.75) is 25.7 Å². The number of carbonyl (C=O) groups is 1. The molecule has 0 aliphatic heterocycles. The molecule has 0 radical (unpaired) electrons. The van der Waals surface area contributed by atoms with Gasteiger partial charge in [-0.1, -0.05) is 12.8 Å². The molecule has 11 heavy (non-hydrogen) atoms. The number of hydrogen-bond donors (Lipinski definition) is 2. The molecule has 0 bridgehead atoms. The van der Waals surface area contributed by atoms with Crippen molar-refractivity contribution in [3.63, 3.8) is 0 Å². The fraction of sp³-hybridized carbons (Fsp3) is 0.875. The van der Waals surface area contributed by atoms with E-state index in [1.165, 1.54) is 0 Å². The van der Waals surface area contributed by atoms with Crippen molar-refractivity contribution in [1.82, 2.24) is 0 Å². The highest BCUT2D eigenvalue weighted by Crippen LogP contribution is 2.29. The molecule has 2 atom stereocenters. The van der Waals surface area contributed by atoms with E-state index in [2.05, 4.69) is 0 Å². The SMILES string of the molecule is NCC1CCCCC1C(=O)O. The van der Waals surface area contributed by atoms with Crippen LogP contribution in [-0.4, -0.2) is 17.6 Å². The third-order valence-electron chi connectivity index (χ3n) is 2.53. The van der Waals surface area contributed by atoms with Crippen LogP contribution in [0.2, 0.25) is 0 Å². The van der Waals surface area contributed by atoms with E-state index < -0.39 is 5.97 Å². The van der Waals surface area contributed by atoms with Crippen molar-refractivity contribution in [1.29, 1.82) is 0 Å². The third-order valence-corrected chi connectivity index (χ3v) is 2.53. The van der Waals surface area contributed by atoms with Crippen molar-refractivity contribution in [3.8, 4) is 0 Å². The highest BCUT2D eigenvalue weighted by atomic mass is 16.4. The summed E-state index contributed by atoms with van der Waals surface area (Å²) in [5, 5.41) is 8.78. The van der Waals surface area contributed by atoms with Crippen LogP contribution in [0.3, 0.4) is 0 Å². The Morgan fingerprint density at radius 3 is 2.55 bits per heavy atom. The average molecular weight is 157 g/mol. The summed E-state index contributed by atoms with van der Waals surface area (Å²) < 4.78 is 0. The zero-order valence-electron chi connectivity index (χ0n) is 6.62. The van der Waals surface area contributed by atoms with Gasteiger partial charge >= 0.3 is 5.97 Å². The Kier molecular flexibility index (Phi) is 2.88. The van der Waals surface area contributed by atoms with Crippen molar-refractivity contribution >= 4 is 5.97 Å². The molecule has 1 fully saturated rings. The molecule has 3 N–H and O–H groups in total. The van der Waals surface area contributed by atoms with E-state index in [9.17, 15) is 4.79 Å². The first kappa shape index (κ1) is 8.53. The minimum Gasteiger partial charge on any atom is -0.481 e. The van der Waals surface area contributed by atoms with Gasteiger partial charge in [0, 0.05) is 0 Å². The Morgan fingerprint density at radius 2 is 2.09 bits per heavy atom. The lowest BCUT2D eigenvalue weighted by atomic mass is 9.79. The fourth-order valence-electron chi connectivity index (χ4n) is 1.81. The van der Waals surface area contributed by atoms with Crippen LogP contribution in [0, 0.1) is 11.8 Å². The van der Waals surface area contributed by atoms with Gasteiger partial charge in [-0.2, -0.15) is 0 Å². The molecule has 2 unspecified atom stereocenters. The van der Waals surface area contributed by atoms with Crippen molar-refractivity contribution < 1.29 is 9.90 Å². The third kappa shape index (κ3) is 1.93. The van der Waals surface area contributed by atoms with Crippen molar-refractivity contribution in [3.05, 3.63) is 0 Å². The predicted octanol–water partition coefficient (Wildman–Crippen LogP) is 0.836. The second-order valence-corrected chi connectivity index (χ2v) is 3.22. The van der Waals surface area contributed by atoms with Gasteiger partial charge in [-0.05, 0) is 25.3 Å². The Balaban J connectivity index is 2.51. The van der Waals surface area contributed by atoms with Crippen molar-refractivity contribution in [2.24, 2.45) is 17.6 Å². The summed E-state index contributed by atoms with van der Waals surface area (Å²) in [5.74, 6) is -0.616. The molecule has 0 aromatic carbocycles. The molecule has 1 aliphatic rings. The molecule has 0 amide bonds. The first-order valence-electron chi connectivity index (χ1n) is 4.18. The Morgan fingerprint density at radius 1 is 1.45 bits per heavy atom. The largest absolute Gasteiger partial charge is 0.481 e. The molecule has 0 heterocycles. The predicted molar refractivity (Wildman–Crippen MR) is 42.1 cm³/mol. The zero-order valence-corrected chi connectivity index (χ0v) is 6.62. The molecule has 1 aliphatic carbocycles. The summed E-state index contributed by atoms with van der Waals surface area (Å²) in [6, 6.07) is 0. The summed E-state index contributed by atoms with van der Waals surface area (Å²) in [6.07, 6.45) is 4.00. The van der Waals surface area contributed by atoms with Crippen LogP contribution in [-0.2, 0) is 4.79 Å². The average Bonchev–Trinajstić information content (AvgIpc) is 2.04. The lowest BCUT2D eigenvalue weighted by Crippen LogP contribution is -2.32. The maximum Gasteiger partial charge on any atom is 0.306 e. The monoisotopic (exact) mass is 157 g/mol. The molecule has 1 saturated carbocycles. The van der Waals surface area contributed by atoms with Crippen LogP contribution in [0.4, 0.5) is 0 Å². The summed E-state index contributed by atoms with van der Waals surface area (Å²) in [4.78, 5) is 10.7. The van der Waals surface area contributed by atoms with Crippen LogP contribution in [0.15, 0.2) is 0 Å².